The highest BCUT2D eigenvalue weighted by Gasteiger charge is 2.61. The van der Waals surface area contributed by atoms with Gasteiger partial charge in [0.15, 0.2) is 5.78 Å². The van der Waals surface area contributed by atoms with Gasteiger partial charge in [0.2, 0.25) is 0 Å². The van der Waals surface area contributed by atoms with Crippen molar-refractivity contribution in [2.75, 3.05) is 0 Å². The Morgan fingerprint density at radius 3 is 2.59 bits per heavy atom. The molecule has 4 aliphatic rings. The van der Waals surface area contributed by atoms with Gasteiger partial charge >= 0.3 is 11.9 Å². The number of aliphatic carboxylic acids is 1. The van der Waals surface area contributed by atoms with E-state index in [9.17, 15) is 14.4 Å². The van der Waals surface area contributed by atoms with Gasteiger partial charge in [0.05, 0.1) is 12.8 Å². The number of rotatable bonds is 4. The predicted molar refractivity (Wildman–Crippen MR) is 108 cm³/mol. The number of carbonyl (C=O) groups is 3. The molecule has 0 amide bonds. The monoisotopic (exact) mass is 402 g/mol. The number of ether oxygens (including phenoxy) is 1. The van der Waals surface area contributed by atoms with Crippen LogP contribution in [-0.4, -0.2) is 28.9 Å². The van der Waals surface area contributed by atoms with Crippen LogP contribution >= 0.6 is 0 Å². The summed E-state index contributed by atoms with van der Waals surface area (Å²) in [5.41, 5.74) is 1.38. The Bertz CT molecular complexity index is 754. The summed E-state index contributed by atoms with van der Waals surface area (Å²) < 4.78 is 5.82. The minimum atomic E-state index is -0.961. The topological polar surface area (TPSA) is 80.7 Å². The maximum absolute atomic E-state index is 12.2. The number of esters is 1. The van der Waals surface area contributed by atoms with Crippen molar-refractivity contribution in [3.8, 4) is 0 Å². The Hall–Kier alpha value is -1.65. The lowest BCUT2D eigenvalue weighted by atomic mass is 9.45. The van der Waals surface area contributed by atoms with E-state index in [2.05, 4.69) is 20.8 Å². The number of hydrogen-bond donors (Lipinski definition) is 1. The smallest absolute Gasteiger partial charge is 0.306 e. The number of hydrogen-bond acceptors (Lipinski definition) is 4. The van der Waals surface area contributed by atoms with E-state index in [1.165, 1.54) is 12.0 Å². The number of carbonyl (C=O) groups excluding carboxylic acids is 2. The van der Waals surface area contributed by atoms with Crippen molar-refractivity contribution in [1.29, 1.82) is 0 Å². The first kappa shape index (κ1) is 20.6. The molecule has 0 spiro atoms. The molecule has 1 N–H and O–H groups in total. The van der Waals surface area contributed by atoms with Crippen LogP contribution in [0.2, 0.25) is 0 Å². The molecule has 7 atom stereocenters. The fourth-order valence-electron chi connectivity index (χ4n) is 7.63. The van der Waals surface area contributed by atoms with E-state index >= 15 is 0 Å². The van der Waals surface area contributed by atoms with Gasteiger partial charge in [-0.15, -0.1) is 0 Å². The van der Waals surface area contributed by atoms with Crippen LogP contribution in [0.3, 0.4) is 0 Å². The summed E-state index contributed by atoms with van der Waals surface area (Å²) in [7, 11) is 0. The maximum Gasteiger partial charge on any atom is 0.306 e. The predicted octanol–water partition coefficient (Wildman–Crippen LogP) is 4.54. The Balaban J connectivity index is 1.52. The molecule has 4 aliphatic carbocycles. The van der Waals surface area contributed by atoms with Gasteiger partial charge < -0.3 is 9.84 Å². The van der Waals surface area contributed by atoms with Gasteiger partial charge in [0.25, 0.3) is 0 Å². The molecule has 0 bridgehead atoms. The van der Waals surface area contributed by atoms with Crippen molar-refractivity contribution in [3.63, 3.8) is 0 Å². The third-order valence-corrected chi connectivity index (χ3v) is 9.31. The molecular formula is C24H34O5. The molecule has 0 saturated heterocycles. The van der Waals surface area contributed by atoms with E-state index in [1.54, 1.807) is 0 Å². The minimum Gasteiger partial charge on any atom is -0.481 e. The largest absolute Gasteiger partial charge is 0.481 e. The van der Waals surface area contributed by atoms with Crippen molar-refractivity contribution in [2.24, 2.45) is 34.5 Å². The third kappa shape index (κ3) is 3.25. The van der Waals surface area contributed by atoms with E-state index in [0.717, 1.165) is 32.1 Å². The SMILES string of the molecule is CC1=CC(=O)C[C@@H]2CC[C@H]3[C@@H]4CC[C@H](OC(=O)CCC(=O)O)[C@@]4(C)CC[C@@H]3[C@@]12C. The van der Waals surface area contributed by atoms with E-state index in [4.69, 9.17) is 9.84 Å². The molecule has 3 saturated carbocycles. The van der Waals surface area contributed by atoms with Crippen molar-refractivity contribution in [1.82, 2.24) is 0 Å². The molecule has 0 heterocycles. The molecule has 0 unspecified atom stereocenters. The summed E-state index contributed by atoms with van der Waals surface area (Å²) in [6.45, 7) is 6.84. The molecule has 29 heavy (non-hydrogen) atoms. The van der Waals surface area contributed by atoms with Crippen molar-refractivity contribution in [2.45, 2.75) is 84.7 Å². The first-order valence-electron chi connectivity index (χ1n) is 11.3. The van der Waals surface area contributed by atoms with Gasteiger partial charge in [-0.1, -0.05) is 19.4 Å². The first-order chi connectivity index (χ1) is 13.7. The van der Waals surface area contributed by atoms with Crippen LogP contribution in [-0.2, 0) is 19.1 Å². The fraction of sp³-hybridized carbons (Fsp3) is 0.792. The summed E-state index contributed by atoms with van der Waals surface area (Å²) in [6.07, 6.45) is 8.70. The average Bonchev–Trinajstić information content (AvgIpc) is 2.98. The van der Waals surface area contributed by atoms with Gasteiger partial charge in [0, 0.05) is 11.8 Å². The van der Waals surface area contributed by atoms with Gasteiger partial charge in [-0.25, -0.2) is 0 Å². The summed E-state index contributed by atoms with van der Waals surface area (Å²) in [6, 6.07) is 0. The van der Waals surface area contributed by atoms with E-state index in [-0.39, 0.29) is 35.7 Å². The molecule has 5 heteroatoms. The van der Waals surface area contributed by atoms with Gasteiger partial charge in [-0.05, 0) is 80.6 Å². The number of allylic oxidation sites excluding steroid dienone is 2. The minimum absolute atomic E-state index is 0.00858. The van der Waals surface area contributed by atoms with Gasteiger partial charge in [0.1, 0.15) is 6.10 Å². The van der Waals surface area contributed by atoms with E-state index < -0.39 is 5.97 Å². The first-order valence-corrected chi connectivity index (χ1v) is 11.3. The Labute approximate surface area is 173 Å². The number of ketones is 1. The van der Waals surface area contributed by atoms with Crippen molar-refractivity contribution < 1.29 is 24.2 Å². The number of fused-ring (bicyclic) bond motifs is 5. The quantitative estimate of drug-likeness (QED) is 0.698. The zero-order valence-electron chi connectivity index (χ0n) is 17.9. The van der Waals surface area contributed by atoms with Gasteiger partial charge in [-0.3, -0.25) is 14.4 Å². The lowest BCUT2D eigenvalue weighted by Gasteiger charge is -2.60. The van der Waals surface area contributed by atoms with E-state index in [0.29, 0.717) is 35.9 Å². The van der Waals surface area contributed by atoms with Crippen LogP contribution in [0.5, 0.6) is 0 Å². The zero-order chi connectivity index (χ0) is 21.0. The molecule has 0 aliphatic heterocycles. The summed E-state index contributed by atoms with van der Waals surface area (Å²) in [5, 5.41) is 8.81. The van der Waals surface area contributed by atoms with Crippen molar-refractivity contribution >= 4 is 17.7 Å². The maximum atomic E-state index is 12.2. The molecule has 3 fully saturated rings. The second-order valence-electron chi connectivity index (χ2n) is 10.4. The van der Waals surface area contributed by atoms with Crippen LogP contribution in [0.15, 0.2) is 11.6 Å². The van der Waals surface area contributed by atoms with Crippen LogP contribution in [0, 0.1) is 34.5 Å². The summed E-state index contributed by atoms with van der Waals surface area (Å²) >= 11 is 0. The Kier molecular flexibility index (Phi) is 5.15. The van der Waals surface area contributed by atoms with Crippen molar-refractivity contribution in [3.05, 3.63) is 11.6 Å². The lowest BCUT2D eigenvalue weighted by molar-refractivity contribution is -0.163. The summed E-state index contributed by atoms with van der Waals surface area (Å²) in [4.78, 5) is 35.1. The third-order valence-electron chi connectivity index (χ3n) is 9.31. The highest BCUT2D eigenvalue weighted by molar-refractivity contribution is 5.91. The van der Waals surface area contributed by atoms with Crippen LogP contribution in [0.1, 0.15) is 78.6 Å². The zero-order valence-corrected chi connectivity index (χ0v) is 17.9. The van der Waals surface area contributed by atoms with Crippen LogP contribution in [0.25, 0.3) is 0 Å². The van der Waals surface area contributed by atoms with E-state index in [1.807, 2.05) is 6.08 Å². The molecule has 0 radical (unpaired) electrons. The summed E-state index contributed by atoms with van der Waals surface area (Å²) in [5.74, 6) is 1.19. The molecule has 0 aromatic rings. The highest BCUT2D eigenvalue weighted by atomic mass is 16.5. The Morgan fingerprint density at radius 2 is 1.86 bits per heavy atom. The second kappa shape index (κ2) is 7.24. The van der Waals surface area contributed by atoms with Crippen LogP contribution in [0.4, 0.5) is 0 Å². The molecule has 160 valence electrons. The Morgan fingerprint density at radius 1 is 1.10 bits per heavy atom. The molecule has 0 aromatic heterocycles. The van der Waals surface area contributed by atoms with Gasteiger partial charge in [-0.2, -0.15) is 0 Å². The number of carboxylic acid groups (broad SMARTS) is 1. The fourth-order valence-corrected chi connectivity index (χ4v) is 7.63. The average molecular weight is 403 g/mol. The standard InChI is InChI=1S/C24H34O5/c1-14-12-16(25)13-15-4-5-17-18-6-7-20(29-22(28)9-8-21(26)27)23(18,2)11-10-19(17)24(14,15)3/h12,15,17-20H,4-11,13H2,1-3H3,(H,26,27)/t15-,17-,18-,19-,20-,23-,24-/m0/s1. The molecule has 0 aromatic carbocycles. The highest BCUT2D eigenvalue weighted by Crippen LogP contribution is 2.66. The molecule has 5 nitrogen and oxygen atoms in total. The van der Waals surface area contributed by atoms with Crippen LogP contribution < -0.4 is 0 Å². The molecule has 4 rings (SSSR count). The lowest BCUT2D eigenvalue weighted by Crippen LogP contribution is -2.54. The normalized spacial score (nSPS) is 43.6. The molecular weight excluding hydrogens is 368 g/mol. The number of carboxylic acids is 1. The second-order valence-corrected chi connectivity index (χ2v) is 10.4.